The molecule has 0 aliphatic carbocycles. The molecule has 1 aliphatic rings. The van der Waals surface area contributed by atoms with Crippen molar-refractivity contribution in [1.82, 2.24) is 25.2 Å². The molecule has 0 radical (unpaired) electrons. The normalized spacial score (nSPS) is 18.0. The minimum absolute atomic E-state index is 0.0541. The van der Waals surface area contributed by atoms with Crippen molar-refractivity contribution < 1.29 is 9.90 Å². The van der Waals surface area contributed by atoms with Crippen LogP contribution in [0.5, 0.6) is 0 Å². The highest BCUT2D eigenvalue weighted by Crippen LogP contribution is 2.22. The molecule has 0 spiro atoms. The lowest BCUT2D eigenvalue weighted by atomic mass is 10.0. The molecule has 140 valence electrons. The molecular weight excluding hydrogens is 354 g/mol. The van der Waals surface area contributed by atoms with E-state index in [-0.39, 0.29) is 18.6 Å². The zero-order valence-electron chi connectivity index (χ0n) is 14.6. The molecule has 1 atom stereocenters. The second-order valence-corrected chi connectivity index (χ2v) is 7.01. The van der Waals surface area contributed by atoms with Crippen LogP contribution in [0.3, 0.4) is 0 Å². The minimum atomic E-state index is -0.251. The highest BCUT2D eigenvalue weighted by Gasteiger charge is 2.23. The number of likely N-dealkylation sites (tertiary alicyclic amines) is 1. The number of piperidine rings is 1. The molecule has 26 heavy (non-hydrogen) atoms. The largest absolute Gasteiger partial charge is 0.396 e. The first-order chi connectivity index (χ1) is 12.7. The first kappa shape index (κ1) is 18.8. The number of carbonyl (C=O) groups excluding carboxylic acids is 1. The summed E-state index contributed by atoms with van der Waals surface area (Å²) >= 11 is 5.95. The Morgan fingerprint density at radius 1 is 1.35 bits per heavy atom. The molecule has 2 aromatic rings. The minimum Gasteiger partial charge on any atom is -0.396 e. The molecule has 1 unspecified atom stereocenters. The van der Waals surface area contributed by atoms with E-state index in [4.69, 9.17) is 16.7 Å². The van der Waals surface area contributed by atoms with Gasteiger partial charge in [0.2, 0.25) is 0 Å². The molecule has 1 amide bonds. The number of aliphatic hydroxyl groups is 1. The number of halogens is 1. The van der Waals surface area contributed by atoms with Gasteiger partial charge in [0.05, 0.1) is 12.2 Å². The highest BCUT2D eigenvalue weighted by atomic mass is 35.5. The van der Waals surface area contributed by atoms with Gasteiger partial charge in [0.1, 0.15) is 0 Å². The van der Waals surface area contributed by atoms with Crippen LogP contribution < -0.4 is 5.32 Å². The molecule has 1 aliphatic heterocycles. The molecule has 2 N–H and O–H groups in total. The third-order valence-electron chi connectivity index (χ3n) is 4.54. The number of hydrogen-bond acceptors (Lipinski definition) is 5. The van der Waals surface area contributed by atoms with E-state index in [1.54, 1.807) is 10.9 Å². The first-order valence-corrected chi connectivity index (χ1v) is 9.31. The highest BCUT2D eigenvalue weighted by molar-refractivity contribution is 6.30. The Labute approximate surface area is 157 Å². The van der Waals surface area contributed by atoms with Crippen LogP contribution in [0.4, 0.5) is 0 Å². The Hall–Kier alpha value is -1.96. The first-order valence-electron chi connectivity index (χ1n) is 8.93. The summed E-state index contributed by atoms with van der Waals surface area (Å²) in [5, 5.41) is 20.4. The number of aromatic nitrogens is 3. The zero-order chi connectivity index (χ0) is 18.4. The predicted octanol–water partition coefficient (Wildman–Crippen LogP) is 1.88. The smallest absolute Gasteiger partial charge is 0.273 e. The Balaban J connectivity index is 1.57. The van der Waals surface area contributed by atoms with Gasteiger partial charge in [0, 0.05) is 31.3 Å². The zero-order valence-corrected chi connectivity index (χ0v) is 15.4. The molecule has 8 heteroatoms. The molecular formula is C18H24ClN5O2. The monoisotopic (exact) mass is 377 g/mol. The summed E-state index contributed by atoms with van der Waals surface area (Å²) in [6.45, 7) is 3.27. The van der Waals surface area contributed by atoms with E-state index < -0.39 is 0 Å². The van der Waals surface area contributed by atoms with Gasteiger partial charge in [-0.2, -0.15) is 0 Å². The Morgan fingerprint density at radius 3 is 2.92 bits per heavy atom. The van der Waals surface area contributed by atoms with Crippen molar-refractivity contribution >= 4 is 17.5 Å². The van der Waals surface area contributed by atoms with E-state index in [0.29, 0.717) is 18.7 Å². The standard InChI is InChI=1S/C18H24ClN5O2/c19-15-6-4-14(5-7-15)11-23-9-1-3-16(12-23)24-13-17(21-22-24)18(26)20-8-2-10-25/h4-7,13,16,25H,1-3,8-12H2,(H,20,26). The average molecular weight is 378 g/mol. The van der Waals surface area contributed by atoms with Gasteiger partial charge in [-0.05, 0) is 43.5 Å². The van der Waals surface area contributed by atoms with Crippen molar-refractivity contribution in [2.75, 3.05) is 26.2 Å². The van der Waals surface area contributed by atoms with Gasteiger partial charge in [-0.1, -0.05) is 28.9 Å². The van der Waals surface area contributed by atoms with Crippen LogP contribution in [-0.4, -0.2) is 57.1 Å². The number of amides is 1. The van der Waals surface area contributed by atoms with E-state index in [0.717, 1.165) is 37.5 Å². The van der Waals surface area contributed by atoms with Crippen LogP contribution in [0.15, 0.2) is 30.5 Å². The molecule has 1 aromatic carbocycles. The molecule has 1 saturated heterocycles. The number of carbonyl (C=O) groups is 1. The number of nitrogens with one attached hydrogen (secondary N) is 1. The van der Waals surface area contributed by atoms with E-state index in [1.165, 1.54) is 5.56 Å². The van der Waals surface area contributed by atoms with Crippen LogP contribution in [0, 0.1) is 0 Å². The Bertz CT molecular complexity index is 719. The lowest BCUT2D eigenvalue weighted by molar-refractivity contribution is 0.0946. The molecule has 1 aromatic heterocycles. The van der Waals surface area contributed by atoms with Crippen molar-refractivity contribution in [3.8, 4) is 0 Å². The average Bonchev–Trinajstić information content (AvgIpc) is 3.14. The van der Waals surface area contributed by atoms with Crippen molar-refractivity contribution in [2.24, 2.45) is 0 Å². The second kappa shape index (κ2) is 9.12. The van der Waals surface area contributed by atoms with Gasteiger partial charge in [-0.25, -0.2) is 4.68 Å². The number of hydrogen-bond donors (Lipinski definition) is 2. The number of benzene rings is 1. The van der Waals surface area contributed by atoms with Crippen LogP contribution in [0.1, 0.15) is 41.4 Å². The summed E-state index contributed by atoms with van der Waals surface area (Å²) in [5.74, 6) is -0.251. The maximum absolute atomic E-state index is 12.0. The van der Waals surface area contributed by atoms with Crippen LogP contribution in [0.25, 0.3) is 0 Å². The van der Waals surface area contributed by atoms with Gasteiger partial charge in [0.15, 0.2) is 5.69 Å². The van der Waals surface area contributed by atoms with E-state index in [1.807, 2.05) is 12.1 Å². The van der Waals surface area contributed by atoms with Crippen molar-refractivity contribution in [3.63, 3.8) is 0 Å². The quantitative estimate of drug-likeness (QED) is 0.720. The van der Waals surface area contributed by atoms with E-state index >= 15 is 0 Å². The third-order valence-corrected chi connectivity index (χ3v) is 4.79. The van der Waals surface area contributed by atoms with Gasteiger partial charge in [-0.15, -0.1) is 5.10 Å². The molecule has 2 heterocycles. The SMILES string of the molecule is O=C(NCCCO)c1cn(C2CCCN(Cc3ccc(Cl)cc3)C2)nn1. The van der Waals surface area contributed by atoms with Crippen LogP contribution in [-0.2, 0) is 6.54 Å². The molecule has 0 bridgehead atoms. The fourth-order valence-corrected chi connectivity index (χ4v) is 3.30. The van der Waals surface area contributed by atoms with Gasteiger partial charge >= 0.3 is 0 Å². The number of rotatable bonds is 7. The van der Waals surface area contributed by atoms with Gasteiger partial charge in [-0.3, -0.25) is 9.69 Å². The molecule has 0 saturated carbocycles. The predicted molar refractivity (Wildman–Crippen MR) is 99.1 cm³/mol. The lowest BCUT2D eigenvalue weighted by Gasteiger charge is -2.32. The summed E-state index contributed by atoms with van der Waals surface area (Å²) < 4.78 is 1.80. The third kappa shape index (κ3) is 5.03. The summed E-state index contributed by atoms with van der Waals surface area (Å²) in [5.41, 5.74) is 1.55. The maximum Gasteiger partial charge on any atom is 0.273 e. The fraction of sp³-hybridized carbons (Fsp3) is 0.500. The molecule has 1 fully saturated rings. The van der Waals surface area contributed by atoms with Crippen molar-refractivity contribution in [1.29, 1.82) is 0 Å². The van der Waals surface area contributed by atoms with Crippen molar-refractivity contribution in [2.45, 2.75) is 31.8 Å². The summed E-state index contributed by atoms with van der Waals surface area (Å²) in [4.78, 5) is 14.4. The summed E-state index contributed by atoms with van der Waals surface area (Å²) in [6.07, 6.45) is 4.34. The van der Waals surface area contributed by atoms with Crippen LogP contribution >= 0.6 is 11.6 Å². The second-order valence-electron chi connectivity index (χ2n) is 6.57. The summed E-state index contributed by atoms with van der Waals surface area (Å²) in [7, 11) is 0. The topological polar surface area (TPSA) is 83.3 Å². The van der Waals surface area contributed by atoms with Crippen LogP contribution in [0.2, 0.25) is 5.02 Å². The number of aliphatic hydroxyl groups excluding tert-OH is 1. The Kier molecular flexibility index (Phi) is 6.60. The molecule has 7 nitrogen and oxygen atoms in total. The van der Waals surface area contributed by atoms with Gasteiger partial charge in [0.25, 0.3) is 5.91 Å². The number of nitrogens with zero attached hydrogens (tertiary/aromatic N) is 4. The Morgan fingerprint density at radius 2 is 2.15 bits per heavy atom. The summed E-state index contributed by atoms with van der Waals surface area (Å²) in [6, 6.07) is 8.14. The lowest BCUT2D eigenvalue weighted by Crippen LogP contribution is -2.36. The van der Waals surface area contributed by atoms with Crippen molar-refractivity contribution in [3.05, 3.63) is 46.7 Å². The van der Waals surface area contributed by atoms with E-state index in [9.17, 15) is 4.79 Å². The molecule has 3 rings (SSSR count). The van der Waals surface area contributed by atoms with Gasteiger partial charge < -0.3 is 10.4 Å². The van der Waals surface area contributed by atoms with E-state index in [2.05, 4.69) is 32.7 Å². The fourth-order valence-electron chi connectivity index (χ4n) is 3.17. The maximum atomic E-state index is 12.0.